The Morgan fingerprint density at radius 3 is 2.87 bits per heavy atom. The molecule has 1 aromatic carbocycles. The average Bonchev–Trinajstić information content (AvgIpc) is 3.05. The highest BCUT2D eigenvalue weighted by molar-refractivity contribution is 7.98. The third-order valence-corrected chi connectivity index (χ3v) is 4.19. The lowest BCUT2D eigenvalue weighted by Crippen LogP contribution is -2.23. The van der Waals surface area contributed by atoms with Gasteiger partial charge in [-0.05, 0) is 28.8 Å². The second kappa shape index (κ2) is 5.28. The summed E-state index contributed by atoms with van der Waals surface area (Å²) in [6.45, 7) is 0. The summed E-state index contributed by atoms with van der Waals surface area (Å²) in [4.78, 5) is 21.4. The van der Waals surface area contributed by atoms with Crippen molar-refractivity contribution in [2.75, 3.05) is 6.26 Å². The number of para-hydroxylation sites is 1. The van der Waals surface area contributed by atoms with Crippen LogP contribution in [0.3, 0.4) is 0 Å². The van der Waals surface area contributed by atoms with E-state index in [9.17, 15) is 4.79 Å². The van der Waals surface area contributed by atoms with Crippen LogP contribution < -0.4 is 5.56 Å². The van der Waals surface area contributed by atoms with Gasteiger partial charge in [-0.15, -0.1) is 0 Å². The lowest BCUT2D eigenvalue weighted by atomic mass is 10.3. The molecule has 114 valence electrons. The third-order valence-electron chi connectivity index (χ3n) is 3.31. The number of thioether (sulfide) groups is 1. The van der Waals surface area contributed by atoms with Gasteiger partial charge in [0.1, 0.15) is 5.39 Å². The molecule has 3 aromatic heterocycles. The summed E-state index contributed by atoms with van der Waals surface area (Å²) in [5.41, 5.74) is 0.524. The first-order chi connectivity index (χ1) is 11.2. The van der Waals surface area contributed by atoms with Gasteiger partial charge in [0.15, 0.2) is 10.8 Å². The Kier molecular flexibility index (Phi) is 3.24. The first-order valence-electron chi connectivity index (χ1n) is 6.49. The molecule has 3 heterocycles. The number of hydrogen-bond acceptors (Lipinski definition) is 7. The SMILES string of the molecule is CSc1ncc2c(=O)n(-c3ccccc3Cl)c3nnnn3c2n1. The van der Waals surface area contributed by atoms with Crippen molar-refractivity contribution in [2.24, 2.45) is 0 Å². The van der Waals surface area contributed by atoms with Gasteiger partial charge in [-0.25, -0.2) is 14.5 Å². The maximum Gasteiger partial charge on any atom is 0.270 e. The van der Waals surface area contributed by atoms with E-state index in [2.05, 4.69) is 25.5 Å². The molecule has 0 saturated carbocycles. The monoisotopic (exact) mass is 345 g/mol. The van der Waals surface area contributed by atoms with Crippen molar-refractivity contribution < 1.29 is 0 Å². The summed E-state index contributed by atoms with van der Waals surface area (Å²) in [6, 6.07) is 6.99. The summed E-state index contributed by atoms with van der Waals surface area (Å²) in [6.07, 6.45) is 3.33. The van der Waals surface area contributed by atoms with Gasteiger partial charge in [0.2, 0.25) is 0 Å². The smallest absolute Gasteiger partial charge is 0.268 e. The van der Waals surface area contributed by atoms with Crippen molar-refractivity contribution in [3.8, 4) is 5.69 Å². The second-order valence-electron chi connectivity index (χ2n) is 4.58. The zero-order chi connectivity index (χ0) is 16.0. The van der Waals surface area contributed by atoms with Crippen LogP contribution in [0.4, 0.5) is 0 Å². The molecule has 0 aliphatic rings. The minimum Gasteiger partial charge on any atom is -0.268 e. The highest BCUT2D eigenvalue weighted by Crippen LogP contribution is 2.21. The lowest BCUT2D eigenvalue weighted by molar-refractivity contribution is 0.817. The molecule has 0 aliphatic carbocycles. The number of tetrazole rings is 1. The summed E-state index contributed by atoms with van der Waals surface area (Å²) in [5.74, 6) is 0.237. The molecular weight excluding hydrogens is 338 g/mol. The first-order valence-corrected chi connectivity index (χ1v) is 8.09. The molecule has 8 nitrogen and oxygen atoms in total. The number of fused-ring (bicyclic) bond motifs is 3. The fourth-order valence-corrected chi connectivity index (χ4v) is 2.84. The zero-order valence-electron chi connectivity index (χ0n) is 11.7. The Labute approximate surface area is 138 Å². The van der Waals surface area contributed by atoms with Gasteiger partial charge in [0, 0.05) is 6.20 Å². The van der Waals surface area contributed by atoms with Crippen LogP contribution in [0.5, 0.6) is 0 Å². The van der Waals surface area contributed by atoms with Crippen molar-refractivity contribution in [3.63, 3.8) is 0 Å². The van der Waals surface area contributed by atoms with Gasteiger partial charge in [-0.3, -0.25) is 4.79 Å². The van der Waals surface area contributed by atoms with Crippen LogP contribution in [0, 0.1) is 0 Å². The van der Waals surface area contributed by atoms with Crippen LogP contribution in [-0.4, -0.2) is 40.8 Å². The minimum absolute atomic E-state index is 0.237. The standard InChI is InChI=1S/C13H8ClN7OS/c1-23-12-15-6-7-10(16-12)21-13(17-18-19-21)20(11(7)22)9-5-3-2-4-8(9)14/h2-6H,1H3. The number of aromatic nitrogens is 7. The van der Waals surface area contributed by atoms with Crippen molar-refractivity contribution in [2.45, 2.75) is 5.16 Å². The molecule has 0 amide bonds. The Hall–Kier alpha value is -2.52. The van der Waals surface area contributed by atoms with E-state index in [4.69, 9.17) is 11.6 Å². The molecule has 4 aromatic rings. The molecule has 0 unspecified atom stereocenters. The molecule has 0 aliphatic heterocycles. The molecule has 0 saturated heterocycles. The Balaban J connectivity index is 2.21. The van der Waals surface area contributed by atoms with E-state index in [0.717, 1.165) is 0 Å². The highest BCUT2D eigenvalue weighted by atomic mass is 35.5. The van der Waals surface area contributed by atoms with Gasteiger partial charge in [-0.1, -0.05) is 40.6 Å². The van der Waals surface area contributed by atoms with Crippen LogP contribution in [0.1, 0.15) is 0 Å². The summed E-state index contributed by atoms with van der Waals surface area (Å²) in [7, 11) is 0. The zero-order valence-corrected chi connectivity index (χ0v) is 13.3. The molecule has 0 fully saturated rings. The number of halogens is 1. The van der Waals surface area contributed by atoms with E-state index in [-0.39, 0.29) is 11.3 Å². The minimum atomic E-state index is -0.331. The van der Waals surface area contributed by atoms with E-state index in [1.807, 2.05) is 6.26 Å². The van der Waals surface area contributed by atoms with Gasteiger partial charge >= 0.3 is 0 Å². The summed E-state index contributed by atoms with van der Waals surface area (Å²) >= 11 is 7.59. The van der Waals surface area contributed by atoms with Crippen LogP contribution in [-0.2, 0) is 0 Å². The van der Waals surface area contributed by atoms with Crippen LogP contribution >= 0.6 is 23.4 Å². The van der Waals surface area contributed by atoms with Gasteiger partial charge in [0.05, 0.1) is 10.7 Å². The largest absolute Gasteiger partial charge is 0.270 e. The molecule has 0 atom stereocenters. The fourth-order valence-electron chi connectivity index (χ4n) is 2.29. The first kappa shape index (κ1) is 14.1. The van der Waals surface area contributed by atoms with Gasteiger partial charge in [-0.2, -0.15) is 4.52 Å². The van der Waals surface area contributed by atoms with Crippen LogP contribution in [0.2, 0.25) is 5.02 Å². The van der Waals surface area contributed by atoms with E-state index in [1.165, 1.54) is 27.0 Å². The molecule has 0 bridgehead atoms. The van der Waals surface area contributed by atoms with E-state index in [0.29, 0.717) is 26.9 Å². The maximum absolute atomic E-state index is 12.9. The number of nitrogens with zero attached hydrogens (tertiary/aromatic N) is 7. The maximum atomic E-state index is 12.9. The second-order valence-corrected chi connectivity index (χ2v) is 5.76. The highest BCUT2D eigenvalue weighted by Gasteiger charge is 2.18. The normalized spacial score (nSPS) is 11.4. The Bertz CT molecular complexity index is 1110. The van der Waals surface area contributed by atoms with Crippen LogP contribution in [0.25, 0.3) is 22.5 Å². The van der Waals surface area contributed by atoms with Crippen molar-refractivity contribution >= 4 is 40.2 Å². The van der Waals surface area contributed by atoms with E-state index >= 15 is 0 Å². The molecule has 4 rings (SSSR count). The predicted octanol–water partition coefficient (Wildman–Crippen LogP) is 1.59. The van der Waals surface area contributed by atoms with Gasteiger partial charge < -0.3 is 0 Å². The molecular formula is C13H8ClN7OS. The van der Waals surface area contributed by atoms with Crippen LogP contribution in [0.15, 0.2) is 40.4 Å². The van der Waals surface area contributed by atoms with Crippen molar-refractivity contribution in [1.29, 1.82) is 0 Å². The number of benzene rings is 1. The number of hydrogen-bond donors (Lipinski definition) is 0. The topological polar surface area (TPSA) is 90.9 Å². The van der Waals surface area contributed by atoms with E-state index in [1.54, 1.807) is 24.3 Å². The third kappa shape index (κ3) is 2.08. The molecule has 10 heteroatoms. The Morgan fingerprint density at radius 1 is 1.26 bits per heavy atom. The van der Waals surface area contributed by atoms with Gasteiger partial charge in [0.25, 0.3) is 11.3 Å². The molecule has 0 spiro atoms. The summed E-state index contributed by atoms with van der Waals surface area (Å²) in [5, 5.41) is 12.8. The fraction of sp³-hybridized carbons (Fsp3) is 0.0769. The Morgan fingerprint density at radius 2 is 2.09 bits per heavy atom. The summed E-state index contributed by atoms with van der Waals surface area (Å²) < 4.78 is 2.76. The predicted molar refractivity (Wildman–Crippen MR) is 86.3 cm³/mol. The molecule has 0 N–H and O–H groups in total. The molecule has 0 radical (unpaired) electrons. The van der Waals surface area contributed by atoms with Crippen molar-refractivity contribution in [3.05, 3.63) is 45.8 Å². The average molecular weight is 346 g/mol. The number of rotatable bonds is 2. The lowest BCUT2D eigenvalue weighted by Gasteiger charge is -2.10. The van der Waals surface area contributed by atoms with E-state index < -0.39 is 0 Å². The molecule has 23 heavy (non-hydrogen) atoms. The van der Waals surface area contributed by atoms with Crippen molar-refractivity contribution in [1.82, 2.24) is 34.6 Å². The quantitative estimate of drug-likeness (QED) is 0.402.